The van der Waals surface area contributed by atoms with Gasteiger partial charge in [0, 0.05) is 12.2 Å². The molecule has 2 aromatic carbocycles. The van der Waals surface area contributed by atoms with E-state index in [4.69, 9.17) is 0 Å². The fraction of sp³-hybridized carbons (Fsp3) is 0. The van der Waals surface area contributed by atoms with Gasteiger partial charge >= 0.3 is 5.97 Å². The van der Waals surface area contributed by atoms with E-state index in [1.165, 1.54) is 12.2 Å². The van der Waals surface area contributed by atoms with Crippen molar-refractivity contribution in [2.75, 3.05) is 0 Å². The lowest BCUT2D eigenvalue weighted by atomic mass is 10.2. The minimum absolute atomic E-state index is 0.509. The van der Waals surface area contributed by atoms with Crippen LogP contribution in [0.1, 0.15) is 11.1 Å². The fourth-order valence-electron chi connectivity index (χ4n) is 1.63. The van der Waals surface area contributed by atoms with Crippen molar-refractivity contribution < 1.29 is 14.4 Å². The summed E-state index contributed by atoms with van der Waals surface area (Å²) in [4.78, 5) is 27.6. The van der Waals surface area contributed by atoms with E-state index in [0.29, 0.717) is 0 Å². The monoisotopic (exact) mass is 293 g/mol. The molecule has 0 radical (unpaired) electrons. The van der Waals surface area contributed by atoms with E-state index < -0.39 is 11.9 Å². The van der Waals surface area contributed by atoms with E-state index in [0.717, 1.165) is 11.1 Å². The number of amides is 1. The fourth-order valence-corrected chi connectivity index (χ4v) is 1.63. The van der Waals surface area contributed by atoms with E-state index in [-0.39, 0.29) is 0 Å². The highest BCUT2D eigenvalue weighted by atomic mass is 16.7. The van der Waals surface area contributed by atoms with Gasteiger partial charge in [0.1, 0.15) is 0 Å². The minimum atomic E-state index is -0.648. The van der Waals surface area contributed by atoms with Crippen LogP contribution >= 0.6 is 0 Å². The number of hydroxylamine groups is 1. The Kier molecular flexibility index (Phi) is 5.70. The summed E-state index contributed by atoms with van der Waals surface area (Å²) >= 11 is 0. The molecule has 110 valence electrons. The molecule has 2 aromatic rings. The van der Waals surface area contributed by atoms with Crippen LogP contribution in [-0.2, 0) is 14.4 Å². The molecule has 1 amide bonds. The zero-order valence-corrected chi connectivity index (χ0v) is 11.8. The standard InChI is InChI=1S/C18H15NO3/c20-17(13-11-15-7-3-1-4-8-15)19-22-18(21)14-12-16-9-5-2-6-10-16/h1-14H,(H,19,20)/b13-11+,14-12+. The summed E-state index contributed by atoms with van der Waals surface area (Å²) in [6, 6.07) is 18.7. The SMILES string of the molecule is O=C(/C=C/c1ccccc1)NOC(=O)/C=C/c1ccccc1. The average Bonchev–Trinajstić information content (AvgIpc) is 2.58. The van der Waals surface area contributed by atoms with E-state index >= 15 is 0 Å². The Morgan fingerprint density at radius 3 is 1.82 bits per heavy atom. The highest BCUT2D eigenvalue weighted by Gasteiger charge is 2.00. The van der Waals surface area contributed by atoms with Gasteiger partial charge in [-0.1, -0.05) is 60.7 Å². The quantitative estimate of drug-likeness (QED) is 0.696. The maximum Gasteiger partial charge on any atom is 0.355 e. The van der Waals surface area contributed by atoms with E-state index in [1.807, 2.05) is 60.7 Å². The van der Waals surface area contributed by atoms with Gasteiger partial charge in [-0.15, -0.1) is 0 Å². The van der Waals surface area contributed by atoms with Crippen molar-refractivity contribution in [1.82, 2.24) is 5.48 Å². The largest absolute Gasteiger partial charge is 0.355 e. The Morgan fingerprint density at radius 2 is 1.27 bits per heavy atom. The second-order valence-electron chi connectivity index (χ2n) is 4.38. The van der Waals surface area contributed by atoms with Crippen molar-refractivity contribution in [3.05, 3.63) is 83.9 Å². The lowest BCUT2D eigenvalue weighted by molar-refractivity contribution is -0.151. The van der Waals surface area contributed by atoms with Gasteiger partial charge < -0.3 is 4.84 Å². The van der Waals surface area contributed by atoms with Crippen molar-refractivity contribution in [1.29, 1.82) is 0 Å². The first-order valence-electron chi connectivity index (χ1n) is 6.71. The van der Waals surface area contributed by atoms with E-state index in [9.17, 15) is 9.59 Å². The highest BCUT2D eigenvalue weighted by molar-refractivity contribution is 5.93. The number of carbonyl (C=O) groups is 2. The molecule has 0 fully saturated rings. The van der Waals surface area contributed by atoms with Gasteiger partial charge in [-0.05, 0) is 23.3 Å². The molecule has 0 aromatic heterocycles. The molecule has 4 nitrogen and oxygen atoms in total. The number of carbonyl (C=O) groups excluding carboxylic acids is 2. The maximum atomic E-state index is 11.5. The average molecular weight is 293 g/mol. The molecule has 0 atom stereocenters. The normalized spacial score (nSPS) is 10.7. The molecule has 2 rings (SSSR count). The van der Waals surface area contributed by atoms with Crippen LogP contribution in [0.2, 0.25) is 0 Å². The molecule has 0 aliphatic carbocycles. The summed E-state index contributed by atoms with van der Waals surface area (Å²) in [5.41, 5.74) is 3.81. The maximum absolute atomic E-state index is 11.5. The van der Waals surface area contributed by atoms with Crippen LogP contribution in [-0.4, -0.2) is 11.9 Å². The second-order valence-corrected chi connectivity index (χ2v) is 4.38. The molecule has 0 aliphatic rings. The molecule has 0 aliphatic heterocycles. The topological polar surface area (TPSA) is 55.4 Å². The first kappa shape index (κ1) is 15.3. The highest BCUT2D eigenvalue weighted by Crippen LogP contribution is 2.01. The molecule has 0 unspecified atom stereocenters. The number of hydrogen-bond acceptors (Lipinski definition) is 3. The van der Waals surface area contributed by atoms with E-state index in [2.05, 4.69) is 10.3 Å². The molecular formula is C18H15NO3. The first-order chi connectivity index (χ1) is 10.7. The predicted octanol–water partition coefficient (Wildman–Crippen LogP) is 2.99. The van der Waals surface area contributed by atoms with Gasteiger partial charge in [-0.2, -0.15) is 5.48 Å². The Hall–Kier alpha value is -3.14. The van der Waals surface area contributed by atoms with Crippen LogP contribution in [0, 0.1) is 0 Å². The summed E-state index contributed by atoms with van der Waals surface area (Å²) in [6.45, 7) is 0. The van der Waals surface area contributed by atoms with Crippen LogP contribution in [0.25, 0.3) is 12.2 Å². The smallest absolute Gasteiger partial charge is 0.336 e. The first-order valence-corrected chi connectivity index (χ1v) is 6.71. The van der Waals surface area contributed by atoms with Crippen LogP contribution < -0.4 is 5.48 Å². The molecule has 22 heavy (non-hydrogen) atoms. The number of hydrogen-bond donors (Lipinski definition) is 1. The second kappa shape index (κ2) is 8.21. The van der Waals surface area contributed by atoms with Gasteiger partial charge in [0.25, 0.3) is 5.91 Å². The molecule has 0 spiro atoms. The molecule has 0 saturated carbocycles. The van der Waals surface area contributed by atoms with Crippen molar-refractivity contribution in [3.8, 4) is 0 Å². The zero-order valence-electron chi connectivity index (χ0n) is 11.8. The Labute approximate surface area is 128 Å². The van der Waals surface area contributed by atoms with Crippen LogP contribution in [0.3, 0.4) is 0 Å². The third-order valence-corrected chi connectivity index (χ3v) is 2.69. The summed E-state index contributed by atoms with van der Waals surface area (Å²) in [6.07, 6.45) is 5.78. The van der Waals surface area contributed by atoms with Crippen LogP contribution in [0.5, 0.6) is 0 Å². The lowest BCUT2D eigenvalue weighted by Crippen LogP contribution is -2.24. The van der Waals surface area contributed by atoms with Crippen molar-refractivity contribution in [2.45, 2.75) is 0 Å². The summed E-state index contributed by atoms with van der Waals surface area (Å²) < 4.78 is 0. The molecule has 1 N–H and O–H groups in total. The molecule has 4 heteroatoms. The van der Waals surface area contributed by atoms with Gasteiger partial charge in [0.15, 0.2) is 0 Å². The van der Waals surface area contributed by atoms with Crippen molar-refractivity contribution in [3.63, 3.8) is 0 Å². The van der Waals surface area contributed by atoms with Gasteiger partial charge in [-0.3, -0.25) is 4.79 Å². The number of rotatable bonds is 4. The summed E-state index contributed by atoms with van der Waals surface area (Å²) in [5, 5.41) is 0. The van der Waals surface area contributed by atoms with Crippen LogP contribution in [0.15, 0.2) is 72.8 Å². The van der Waals surface area contributed by atoms with Gasteiger partial charge in [0.05, 0.1) is 0 Å². The molecule has 0 heterocycles. The minimum Gasteiger partial charge on any atom is -0.336 e. The lowest BCUT2D eigenvalue weighted by Gasteiger charge is -2.00. The third kappa shape index (κ3) is 5.46. The summed E-state index contributed by atoms with van der Waals surface area (Å²) in [7, 11) is 0. The zero-order chi connectivity index (χ0) is 15.6. The Balaban J connectivity index is 1.77. The van der Waals surface area contributed by atoms with Gasteiger partial charge in [-0.25, -0.2) is 4.79 Å². The summed E-state index contributed by atoms with van der Waals surface area (Å²) in [5.74, 6) is -1.16. The van der Waals surface area contributed by atoms with E-state index in [1.54, 1.807) is 12.2 Å². The molecule has 0 saturated heterocycles. The van der Waals surface area contributed by atoms with Gasteiger partial charge in [0.2, 0.25) is 0 Å². The number of nitrogens with one attached hydrogen (secondary N) is 1. The molecule has 0 bridgehead atoms. The molecular weight excluding hydrogens is 278 g/mol. The Bertz CT molecular complexity index is 614. The van der Waals surface area contributed by atoms with Crippen molar-refractivity contribution in [2.24, 2.45) is 0 Å². The van der Waals surface area contributed by atoms with Crippen LogP contribution in [0.4, 0.5) is 0 Å². The Morgan fingerprint density at radius 1 is 0.773 bits per heavy atom. The number of benzene rings is 2. The predicted molar refractivity (Wildman–Crippen MR) is 85.2 cm³/mol. The van der Waals surface area contributed by atoms with Crippen molar-refractivity contribution >= 4 is 24.0 Å². The third-order valence-electron chi connectivity index (χ3n) is 2.69.